The van der Waals surface area contributed by atoms with E-state index >= 15 is 0 Å². The van der Waals surface area contributed by atoms with Gasteiger partial charge in [-0.1, -0.05) is 25.1 Å². The average molecular weight is 259 g/mol. The van der Waals surface area contributed by atoms with Gasteiger partial charge in [-0.05, 0) is 24.5 Å². The predicted molar refractivity (Wildman–Crippen MR) is 77.9 cm³/mol. The van der Waals surface area contributed by atoms with Crippen LogP contribution in [0.1, 0.15) is 18.9 Å². The summed E-state index contributed by atoms with van der Waals surface area (Å²) < 4.78 is 0. The Labute approximate surface area is 113 Å². The minimum absolute atomic E-state index is 0.00660. The Bertz CT molecular complexity index is 561. The normalized spacial score (nSPS) is 12.6. The number of para-hydroxylation sites is 1. The lowest BCUT2D eigenvalue weighted by atomic mass is 10.0. The summed E-state index contributed by atoms with van der Waals surface area (Å²) in [5, 5.41) is 1.14. The first-order valence-corrected chi connectivity index (χ1v) is 6.69. The van der Waals surface area contributed by atoms with Crippen LogP contribution in [0.15, 0.2) is 30.5 Å². The van der Waals surface area contributed by atoms with E-state index < -0.39 is 6.04 Å². The molecular formula is C15H21N3O. The van der Waals surface area contributed by atoms with Crippen molar-refractivity contribution in [3.05, 3.63) is 36.0 Å². The Morgan fingerprint density at radius 2 is 2.16 bits per heavy atom. The third-order valence-corrected chi connectivity index (χ3v) is 3.37. The summed E-state index contributed by atoms with van der Waals surface area (Å²) in [5.74, 6) is 0.00660. The molecule has 0 fully saturated rings. The monoisotopic (exact) mass is 259 g/mol. The van der Waals surface area contributed by atoms with E-state index in [-0.39, 0.29) is 5.91 Å². The summed E-state index contributed by atoms with van der Waals surface area (Å²) in [4.78, 5) is 17.0. The van der Waals surface area contributed by atoms with Crippen LogP contribution in [0.25, 0.3) is 10.9 Å². The highest BCUT2D eigenvalue weighted by molar-refractivity contribution is 5.86. The van der Waals surface area contributed by atoms with Crippen LogP contribution in [0.3, 0.4) is 0 Å². The molecule has 0 spiro atoms. The molecule has 0 aliphatic heterocycles. The van der Waals surface area contributed by atoms with Gasteiger partial charge >= 0.3 is 0 Å². The molecule has 3 N–H and O–H groups in total. The summed E-state index contributed by atoms with van der Waals surface area (Å²) >= 11 is 0. The van der Waals surface area contributed by atoms with E-state index in [0.717, 1.165) is 29.4 Å². The van der Waals surface area contributed by atoms with Crippen LogP contribution in [-0.4, -0.2) is 35.4 Å². The van der Waals surface area contributed by atoms with E-state index in [0.29, 0.717) is 6.42 Å². The van der Waals surface area contributed by atoms with Crippen molar-refractivity contribution in [3.63, 3.8) is 0 Å². The molecule has 0 unspecified atom stereocenters. The number of nitrogens with one attached hydrogen (secondary N) is 1. The number of carbonyl (C=O) groups excluding carboxylic acids is 1. The van der Waals surface area contributed by atoms with Crippen LogP contribution >= 0.6 is 0 Å². The van der Waals surface area contributed by atoms with Crippen LogP contribution in [0.2, 0.25) is 0 Å². The number of hydrogen-bond donors (Lipinski definition) is 2. The maximum Gasteiger partial charge on any atom is 0.239 e. The molecule has 2 rings (SSSR count). The Hall–Kier alpha value is -1.81. The van der Waals surface area contributed by atoms with Crippen LogP contribution in [-0.2, 0) is 11.2 Å². The predicted octanol–water partition coefficient (Wildman–Crippen LogP) is 1.91. The fraction of sp³-hybridized carbons (Fsp3) is 0.400. The van der Waals surface area contributed by atoms with Crippen molar-refractivity contribution in [1.82, 2.24) is 9.88 Å². The van der Waals surface area contributed by atoms with Crippen molar-refractivity contribution in [1.29, 1.82) is 0 Å². The zero-order chi connectivity index (χ0) is 13.8. The Kier molecular flexibility index (Phi) is 4.22. The van der Waals surface area contributed by atoms with Gasteiger partial charge in [-0.15, -0.1) is 0 Å². The van der Waals surface area contributed by atoms with E-state index in [9.17, 15) is 4.79 Å². The fourth-order valence-electron chi connectivity index (χ4n) is 2.35. The molecule has 0 saturated carbocycles. The highest BCUT2D eigenvalue weighted by Crippen LogP contribution is 2.19. The van der Waals surface area contributed by atoms with Crippen molar-refractivity contribution in [2.45, 2.75) is 25.8 Å². The van der Waals surface area contributed by atoms with Gasteiger partial charge in [0.25, 0.3) is 0 Å². The highest BCUT2D eigenvalue weighted by Gasteiger charge is 2.19. The van der Waals surface area contributed by atoms with Crippen LogP contribution < -0.4 is 5.73 Å². The number of nitrogens with two attached hydrogens (primary N) is 1. The van der Waals surface area contributed by atoms with Gasteiger partial charge in [0.05, 0.1) is 6.04 Å². The molecule has 102 valence electrons. The Balaban J connectivity index is 2.10. The first kappa shape index (κ1) is 13.6. The van der Waals surface area contributed by atoms with Crippen molar-refractivity contribution in [2.75, 3.05) is 13.6 Å². The number of amides is 1. The lowest BCUT2D eigenvalue weighted by Crippen LogP contribution is -2.43. The lowest BCUT2D eigenvalue weighted by Gasteiger charge is -2.20. The van der Waals surface area contributed by atoms with Gasteiger partial charge in [0.2, 0.25) is 5.91 Å². The van der Waals surface area contributed by atoms with Gasteiger partial charge in [0.1, 0.15) is 0 Å². The molecule has 0 aliphatic rings. The third kappa shape index (κ3) is 2.96. The molecule has 4 heteroatoms. The van der Waals surface area contributed by atoms with E-state index in [4.69, 9.17) is 5.73 Å². The summed E-state index contributed by atoms with van der Waals surface area (Å²) in [6, 6.07) is 7.58. The van der Waals surface area contributed by atoms with Crippen molar-refractivity contribution in [2.24, 2.45) is 5.73 Å². The Morgan fingerprint density at radius 3 is 2.89 bits per heavy atom. The number of benzene rings is 1. The van der Waals surface area contributed by atoms with E-state index in [1.807, 2.05) is 30.5 Å². The number of aromatic nitrogens is 1. The number of nitrogens with zero attached hydrogens (tertiary/aromatic N) is 1. The largest absolute Gasteiger partial charge is 0.361 e. The van der Waals surface area contributed by atoms with Crippen molar-refractivity contribution >= 4 is 16.8 Å². The van der Waals surface area contributed by atoms with Gasteiger partial charge < -0.3 is 15.6 Å². The standard InChI is InChI=1S/C15H21N3O/c1-3-8-18(2)15(19)13(16)9-11-10-17-14-7-5-4-6-12(11)14/h4-7,10,13,17H,3,8-9,16H2,1-2H3/t13-/m0/s1. The number of carbonyl (C=O) groups is 1. The highest BCUT2D eigenvalue weighted by atomic mass is 16.2. The molecule has 0 saturated heterocycles. The lowest BCUT2D eigenvalue weighted by molar-refractivity contribution is -0.131. The first-order chi connectivity index (χ1) is 9.13. The van der Waals surface area contributed by atoms with E-state index in [2.05, 4.69) is 11.9 Å². The van der Waals surface area contributed by atoms with Crippen LogP contribution in [0, 0.1) is 0 Å². The molecule has 19 heavy (non-hydrogen) atoms. The second-order valence-corrected chi connectivity index (χ2v) is 4.93. The van der Waals surface area contributed by atoms with Gasteiger partial charge in [-0.25, -0.2) is 0 Å². The van der Waals surface area contributed by atoms with Crippen molar-refractivity contribution < 1.29 is 4.79 Å². The summed E-state index contributed by atoms with van der Waals surface area (Å²) in [7, 11) is 1.81. The van der Waals surface area contributed by atoms with Gasteiger partial charge in [-0.3, -0.25) is 4.79 Å². The first-order valence-electron chi connectivity index (χ1n) is 6.69. The number of hydrogen-bond acceptors (Lipinski definition) is 2. The smallest absolute Gasteiger partial charge is 0.239 e. The minimum Gasteiger partial charge on any atom is -0.361 e. The summed E-state index contributed by atoms with van der Waals surface area (Å²) in [6.07, 6.45) is 3.45. The molecule has 1 atom stereocenters. The topological polar surface area (TPSA) is 62.1 Å². The van der Waals surface area contributed by atoms with E-state index in [1.54, 1.807) is 11.9 Å². The Morgan fingerprint density at radius 1 is 1.42 bits per heavy atom. The molecular weight excluding hydrogens is 238 g/mol. The molecule has 2 aromatic rings. The SMILES string of the molecule is CCCN(C)C(=O)[C@@H](N)Cc1c[nH]c2ccccc12. The maximum atomic E-state index is 12.1. The maximum absolute atomic E-state index is 12.1. The fourth-order valence-corrected chi connectivity index (χ4v) is 2.35. The third-order valence-electron chi connectivity index (χ3n) is 3.37. The molecule has 0 aliphatic carbocycles. The second-order valence-electron chi connectivity index (χ2n) is 4.93. The minimum atomic E-state index is -0.476. The van der Waals surface area contributed by atoms with Crippen LogP contribution in [0.5, 0.6) is 0 Å². The van der Waals surface area contributed by atoms with Gasteiger partial charge in [-0.2, -0.15) is 0 Å². The van der Waals surface area contributed by atoms with E-state index in [1.165, 1.54) is 0 Å². The molecule has 1 aromatic heterocycles. The van der Waals surface area contributed by atoms with Crippen molar-refractivity contribution in [3.8, 4) is 0 Å². The van der Waals surface area contributed by atoms with Gasteiger partial charge in [0.15, 0.2) is 0 Å². The number of fused-ring (bicyclic) bond motifs is 1. The average Bonchev–Trinajstić information content (AvgIpc) is 2.81. The molecule has 0 bridgehead atoms. The quantitative estimate of drug-likeness (QED) is 0.861. The second kappa shape index (κ2) is 5.89. The van der Waals surface area contributed by atoms with Gasteiger partial charge in [0, 0.05) is 30.7 Å². The molecule has 4 nitrogen and oxygen atoms in total. The molecule has 1 aromatic carbocycles. The number of H-pyrrole nitrogens is 1. The molecule has 1 heterocycles. The number of likely N-dealkylation sites (N-methyl/N-ethyl adjacent to an activating group) is 1. The summed E-state index contributed by atoms with van der Waals surface area (Å²) in [6.45, 7) is 2.80. The number of rotatable bonds is 5. The number of aromatic amines is 1. The van der Waals surface area contributed by atoms with Crippen LogP contribution in [0.4, 0.5) is 0 Å². The summed E-state index contributed by atoms with van der Waals surface area (Å²) in [5.41, 5.74) is 8.21. The molecule has 1 amide bonds. The zero-order valence-electron chi connectivity index (χ0n) is 11.5. The molecule has 0 radical (unpaired) electrons. The zero-order valence-corrected chi connectivity index (χ0v) is 11.5.